The molecule has 0 spiro atoms. The number of rotatable bonds is 9. The molecule has 2 N–H and O–H groups in total. The summed E-state index contributed by atoms with van der Waals surface area (Å²) in [6, 6.07) is 10.7. The van der Waals surface area contributed by atoms with Crippen LogP contribution in [-0.2, 0) is 16.9 Å². The Balaban J connectivity index is 1.24. The molecule has 3 aromatic heterocycles. The highest BCUT2D eigenvalue weighted by atomic mass is 19.3. The van der Waals surface area contributed by atoms with E-state index in [0.29, 0.717) is 29.2 Å². The molecule has 1 amide bonds. The number of hydrogen-bond donors (Lipinski definition) is 2. The monoisotopic (exact) mass is 537 g/mol. The van der Waals surface area contributed by atoms with Crippen LogP contribution in [0.3, 0.4) is 0 Å². The van der Waals surface area contributed by atoms with E-state index in [0.717, 1.165) is 23.1 Å². The van der Waals surface area contributed by atoms with E-state index in [-0.39, 0.29) is 30.1 Å². The van der Waals surface area contributed by atoms with Crippen molar-refractivity contribution >= 4 is 17.5 Å². The molecule has 1 atom stereocenters. The lowest BCUT2D eigenvalue weighted by atomic mass is 9.98. The minimum absolute atomic E-state index is 0.0286. The summed E-state index contributed by atoms with van der Waals surface area (Å²) in [5.74, 6) is 0.141. The molecular weight excluding hydrogens is 512 g/mol. The van der Waals surface area contributed by atoms with Crippen LogP contribution >= 0.6 is 0 Å². The summed E-state index contributed by atoms with van der Waals surface area (Å²) >= 11 is 0. The molecule has 0 bridgehead atoms. The van der Waals surface area contributed by atoms with Gasteiger partial charge in [-0.3, -0.25) is 9.48 Å². The van der Waals surface area contributed by atoms with Gasteiger partial charge in [0.25, 0.3) is 18.2 Å². The Kier molecular flexibility index (Phi) is 6.22. The van der Waals surface area contributed by atoms with Gasteiger partial charge in [0.1, 0.15) is 24.0 Å². The number of aliphatic hydroxyl groups is 1. The molecule has 2 fully saturated rings. The third kappa shape index (κ3) is 5.04. The van der Waals surface area contributed by atoms with E-state index >= 15 is 0 Å². The van der Waals surface area contributed by atoms with Gasteiger partial charge in [-0.2, -0.15) is 0 Å². The van der Waals surface area contributed by atoms with E-state index in [1.54, 1.807) is 25.4 Å². The molecule has 39 heavy (non-hydrogen) atoms. The lowest BCUT2D eigenvalue weighted by Crippen LogP contribution is -2.35. The van der Waals surface area contributed by atoms with Gasteiger partial charge in [0.05, 0.1) is 11.9 Å². The second-order valence-corrected chi connectivity index (χ2v) is 9.66. The molecule has 4 heterocycles. The molecule has 1 aromatic carbocycles. The van der Waals surface area contributed by atoms with E-state index in [4.69, 9.17) is 9.26 Å². The van der Waals surface area contributed by atoms with Gasteiger partial charge in [0.15, 0.2) is 5.76 Å². The third-order valence-corrected chi connectivity index (χ3v) is 6.64. The lowest BCUT2D eigenvalue weighted by molar-refractivity contribution is -0.144. The van der Waals surface area contributed by atoms with Crippen LogP contribution in [0.2, 0.25) is 0 Å². The zero-order valence-electron chi connectivity index (χ0n) is 20.9. The molecule has 2 aliphatic rings. The first-order valence-electron chi connectivity index (χ1n) is 12.5. The number of benzene rings is 1. The molecule has 1 aliphatic carbocycles. The molecule has 4 aromatic rings. The summed E-state index contributed by atoms with van der Waals surface area (Å²) in [5.41, 5.74) is 1.17. The topological polar surface area (TPSA) is 131 Å². The Bertz CT molecular complexity index is 1520. The Hall–Kier alpha value is -4.39. The number of carbonyl (C=O) groups excluding carboxylic acids is 1. The summed E-state index contributed by atoms with van der Waals surface area (Å²) in [4.78, 5) is 22.7. The average Bonchev–Trinajstić information content (AvgIpc) is 3.34. The van der Waals surface area contributed by atoms with Crippen molar-refractivity contribution in [2.24, 2.45) is 0 Å². The van der Waals surface area contributed by atoms with Crippen LogP contribution in [0.5, 0.6) is 5.88 Å². The van der Waals surface area contributed by atoms with Crippen LogP contribution in [-0.4, -0.2) is 66.9 Å². The predicted molar refractivity (Wildman–Crippen MR) is 134 cm³/mol. The Labute approximate surface area is 221 Å². The second kappa shape index (κ2) is 9.73. The Morgan fingerprint density at radius 3 is 2.74 bits per heavy atom. The van der Waals surface area contributed by atoms with E-state index in [1.165, 1.54) is 11.1 Å². The maximum atomic E-state index is 12.9. The van der Waals surface area contributed by atoms with Gasteiger partial charge >= 0.3 is 0 Å². The fourth-order valence-corrected chi connectivity index (χ4v) is 4.38. The molecule has 1 unspecified atom stereocenters. The summed E-state index contributed by atoms with van der Waals surface area (Å²) in [7, 11) is 1.63. The fraction of sp³-hybridized carbons (Fsp3) is 0.346. The van der Waals surface area contributed by atoms with E-state index < -0.39 is 24.5 Å². The SMILES string of the molecule is CN1CCC(O)(c2cc(-c3cccc(-c4ccnc(Nc5cn(CC(F)F)nc5OC5CC5)n4)c3)no2)C1=O. The number of hydrogen-bond acceptors (Lipinski definition) is 9. The van der Waals surface area contributed by atoms with Crippen molar-refractivity contribution in [3.8, 4) is 28.4 Å². The van der Waals surface area contributed by atoms with E-state index in [2.05, 4.69) is 25.5 Å². The molecule has 202 valence electrons. The van der Waals surface area contributed by atoms with Crippen molar-refractivity contribution in [2.45, 2.75) is 43.9 Å². The highest BCUT2D eigenvalue weighted by molar-refractivity contribution is 5.87. The Morgan fingerprint density at radius 2 is 2.03 bits per heavy atom. The van der Waals surface area contributed by atoms with Gasteiger partial charge in [0, 0.05) is 43.4 Å². The number of likely N-dealkylation sites (N-methyl/N-ethyl adjacent to an activating group) is 1. The molecule has 1 saturated heterocycles. The van der Waals surface area contributed by atoms with Crippen LogP contribution in [0, 0.1) is 0 Å². The van der Waals surface area contributed by atoms with Gasteiger partial charge in [0.2, 0.25) is 11.5 Å². The zero-order chi connectivity index (χ0) is 27.1. The summed E-state index contributed by atoms with van der Waals surface area (Å²) in [6.45, 7) is -0.130. The molecular formula is C26H25F2N7O4. The smallest absolute Gasteiger partial charge is 0.262 e. The first-order valence-corrected chi connectivity index (χ1v) is 12.5. The Morgan fingerprint density at radius 1 is 1.23 bits per heavy atom. The third-order valence-electron chi connectivity index (χ3n) is 6.64. The average molecular weight is 538 g/mol. The van der Waals surface area contributed by atoms with Crippen LogP contribution in [0.25, 0.3) is 22.5 Å². The maximum absolute atomic E-state index is 12.9. The maximum Gasteiger partial charge on any atom is 0.262 e. The number of carbonyl (C=O) groups is 1. The van der Waals surface area contributed by atoms with Crippen LogP contribution < -0.4 is 10.1 Å². The molecule has 1 saturated carbocycles. The van der Waals surface area contributed by atoms with Crippen LogP contribution in [0.4, 0.5) is 20.4 Å². The number of anilines is 2. The number of nitrogens with zero attached hydrogens (tertiary/aromatic N) is 6. The highest BCUT2D eigenvalue weighted by Gasteiger charge is 2.48. The summed E-state index contributed by atoms with van der Waals surface area (Å²) < 4.78 is 38.1. The molecule has 11 nitrogen and oxygen atoms in total. The number of likely N-dealkylation sites (tertiary alicyclic amines) is 1. The fourth-order valence-electron chi connectivity index (χ4n) is 4.38. The van der Waals surface area contributed by atoms with E-state index in [1.807, 2.05) is 24.3 Å². The number of amides is 1. The first-order chi connectivity index (χ1) is 18.8. The van der Waals surface area contributed by atoms with Crippen molar-refractivity contribution in [3.05, 3.63) is 54.6 Å². The summed E-state index contributed by atoms with van der Waals surface area (Å²) in [5, 5.41) is 22.1. The largest absolute Gasteiger partial charge is 0.472 e. The minimum atomic E-state index is -2.55. The van der Waals surface area contributed by atoms with Crippen LogP contribution in [0.15, 0.2) is 53.3 Å². The standard InChI is InChI=1S/C26H25F2N7O4/c1-34-10-8-26(37,24(34)36)21-12-19(33-39-21)16-4-2-3-15(11-16)18-7-9-29-25(30-18)31-20-13-35(14-22(27)28)32-23(20)38-17-5-6-17/h2-4,7,9,11-13,17,22,37H,5-6,8,10,14H2,1H3,(H,29,30,31). The second-order valence-electron chi connectivity index (χ2n) is 9.66. The van der Waals surface area contributed by atoms with Crippen molar-refractivity contribution in [2.75, 3.05) is 18.9 Å². The van der Waals surface area contributed by atoms with Gasteiger partial charge in [-0.05, 0) is 25.0 Å². The number of aromatic nitrogens is 5. The molecule has 1 aliphatic heterocycles. The van der Waals surface area contributed by atoms with Crippen LogP contribution in [0.1, 0.15) is 25.0 Å². The highest BCUT2D eigenvalue weighted by Crippen LogP contribution is 2.36. The minimum Gasteiger partial charge on any atom is -0.472 e. The molecule has 0 radical (unpaired) electrons. The van der Waals surface area contributed by atoms with Gasteiger partial charge < -0.3 is 24.6 Å². The van der Waals surface area contributed by atoms with Gasteiger partial charge in [-0.15, -0.1) is 5.10 Å². The number of ether oxygens (including phenoxy) is 1. The number of halogens is 2. The van der Waals surface area contributed by atoms with Gasteiger partial charge in [-0.25, -0.2) is 18.7 Å². The number of alkyl halides is 2. The quantitative estimate of drug-likeness (QED) is 0.329. The van der Waals surface area contributed by atoms with Crippen molar-refractivity contribution in [1.29, 1.82) is 0 Å². The first kappa shape index (κ1) is 24.9. The molecule has 13 heteroatoms. The lowest BCUT2D eigenvalue weighted by Gasteiger charge is -2.16. The van der Waals surface area contributed by atoms with Gasteiger partial charge in [-0.1, -0.05) is 23.4 Å². The number of nitrogens with one attached hydrogen (secondary N) is 1. The zero-order valence-corrected chi connectivity index (χ0v) is 20.9. The van der Waals surface area contributed by atoms with E-state index in [9.17, 15) is 18.7 Å². The van der Waals surface area contributed by atoms with Crippen molar-refractivity contribution in [1.82, 2.24) is 29.8 Å². The summed E-state index contributed by atoms with van der Waals surface area (Å²) in [6.07, 6.45) is 2.51. The normalized spacial score (nSPS) is 19.2. The predicted octanol–water partition coefficient (Wildman–Crippen LogP) is 3.59. The molecule has 6 rings (SSSR count). The van der Waals surface area contributed by atoms with Crippen molar-refractivity contribution < 1.29 is 27.9 Å². The van der Waals surface area contributed by atoms with Crippen molar-refractivity contribution in [3.63, 3.8) is 0 Å².